The average molecular weight is 339 g/mol. The Morgan fingerprint density at radius 2 is 1.96 bits per heavy atom. The predicted octanol–water partition coefficient (Wildman–Crippen LogP) is 3.10. The molecule has 1 aliphatic rings. The number of nitrogens with zero attached hydrogens (tertiary/aromatic N) is 2. The predicted molar refractivity (Wildman–Crippen MR) is 91.1 cm³/mol. The van der Waals surface area contributed by atoms with E-state index >= 15 is 0 Å². The minimum atomic E-state index is -0.959. The second-order valence-corrected chi connectivity index (χ2v) is 6.43. The van der Waals surface area contributed by atoms with Gasteiger partial charge < -0.3 is 14.5 Å². The Morgan fingerprint density at radius 3 is 2.57 bits per heavy atom. The fourth-order valence-corrected chi connectivity index (χ4v) is 2.87. The van der Waals surface area contributed by atoms with Gasteiger partial charge in [0.2, 0.25) is 5.91 Å². The Balaban J connectivity index is 2.24. The first kappa shape index (κ1) is 17.6. The summed E-state index contributed by atoms with van der Waals surface area (Å²) in [5, 5.41) is 0.528. The summed E-state index contributed by atoms with van der Waals surface area (Å²) in [7, 11) is 0. The number of amides is 2. The Hall–Kier alpha value is -1.75. The van der Waals surface area contributed by atoms with Gasteiger partial charge in [-0.1, -0.05) is 11.6 Å². The molecule has 0 saturated carbocycles. The lowest BCUT2D eigenvalue weighted by Crippen LogP contribution is -2.53. The first-order valence-electron chi connectivity index (χ1n) is 7.88. The summed E-state index contributed by atoms with van der Waals surface area (Å²) in [4.78, 5) is 28.3. The highest BCUT2D eigenvalue weighted by Gasteiger charge is 2.41. The van der Waals surface area contributed by atoms with Gasteiger partial charge in [-0.15, -0.1) is 0 Å². The summed E-state index contributed by atoms with van der Waals surface area (Å²) in [5.41, 5.74) is -0.340. The fourth-order valence-electron chi connectivity index (χ4n) is 2.70. The normalized spacial score (nSPS) is 15.9. The van der Waals surface area contributed by atoms with Crippen LogP contribution in [0.15, 0.2) is 18.2 Å². The van der Waals surface area contributed by atoms with Crippen LogP contribution < -0.4 is 9.64 Å². The zero-order chi connectivity index (χ0) is 17.2. The lowest BCUT2D eigenvalue weighted by molar-refractivity contribution is -0.133. The molecule has 126 valence electrons. The highest BCUT2D eigenvalue weighted by atomic mass is 35.5. The number of carbonyl (C=O) groups excluding carboxylic acids is 2. The van der Waals surface area contributed by atoms with Gasteiger partial charge in [-0.2, -0.15) is 0 Å². The molecule has 0 unspecified atom stereocenters. The summed E-state index contributed by atoms with van der Waals surface area (Å²) in [6, 6.07) is 5.18. The number of carbonyl (C=O) groups is 2. The van der Waals surface area contributed by atoms with E-state index in [0.717, 1.165) is 0 Å². The van der Waals surface area contributed by atoms with Crippen molar-refractivity contribution >= 4 is 29.1 Å². The van der Waals surface area contributed by atoms with Crippen LogP contribution >= 0.6 is 11.6 Å². The van der Waals surface area contributed by atoms with Crippen molar-refractivity contribution in [3.63, 3.8) is 0 Å². The van der Waals surface area contributed by atoms with E-state index in [1.54, 1.807) is 41.8 Å². The molecule has 1 aromatic carbocycles. The van der Waals surface area contributed by atoms with Crippen molar-refractivity contribution in [3.8, 4) is 5.75 Å². The first-order chi connectivity index (χ1) is 10.8. The molecule has 0 aromatic heterocycles. The molecule has 0 aliphatic carbocycles. The van der Waals surface area contributed by atoms with E-state index in [0.29, 0.717) is 36.1 Å². The molecule has 0 bridgehead atoms. The van der Waals surface area contributed by atoms with Gasteiger partial charge >= 0.3 is 0 Å². The van der Waals surface area contributed by atoms with Crippen molar-refractivity contribution in [1.29, 1.82) is 0 Å². The van der Waals surface area contributed by atoms with Crippen molar-refractivity contribution in [3.05, 3.63) is 23.2 Å². The zero-order valence-electron chi connectivity index (χ0n) is 14.1. The lowest BCUT2D eigenvalue weighted by atomic mass is 10.0. The van der Waals surface area contributed by atoms with Gasteiger partial charge in [-0.3, -0.25) is 9.59 Å². The van der Waals surface area contributed by atoms with Gasteiger partial charge in [-0.05, 0) is 45.9 Å². The summed E-state index contributed by atoms with van der Waals surface area (Å²) in [5.74, 6) is 0.476. The van der Waals surface area contributed by atoms with Crippen molar-refractivity contribution in [1.82, 2.24) is 4.90 Å². The summed E-state index contributed by atoms with van der Waals surface area (Å²) in [6.07, 6.45) is 0.273. The molecule has 0 spiro atoms. The first-order valence-corrected chi connectivity index (χ1v) is 8.26. The van der Waals surface area contributed by atoms with Gasteiger partial charge in [-0.25, -0.2) is 0 Å². The van der Waals surface area contributed by atoms with Crippen LogP contribution in [0.1, 0.15) is 34.1 Å². The number of halogens is 1. The third-order valence-corrected chi connectivity index (χ3v) is 4.24. The van der Waals surface area contributed by atoms with Crippen molar-refractivity contribution < 1.29 is 14.3 Å². The smallest absolute Gasteiger partial charge is 0.270 e. The molecule has 0 saturated heterocycles. The molecule has 5 nitrogen and oxygen atoms in total. The number of benzene rings is 1. The third-order valence-electron chi connectivity index (χ3n) is 4.00. The van der Waals surface area contributed by atoms with Crippen LogP contribution in [0, 0.1) is 0 Å². The second kappa shape index (κ2) is 6.79. The van der Waals surface area contributed by atoms with Gasteiger partial charge in [0.1, 0.15) is 5.75 Å². The quantitative estimate of drug-likeness (QED) is 0.829. The zero-order valence-corrected chi connectivity index (χ0v) is 14.8. The van der Waals surface area contributed by atoms with Crippen LogP contribution in [-0.4, -0.2) is 41.9 Å². The molecule has 2 amide bonds. The molecular formula is C17H23ClN2O3. The third kappa shape index (κ3) is 3.61. The van der Waals surface area contributed by atoms with Crippen molar-refractivity contribution in [2.75, 3.05) is 24.5 Å². The van der Waals surface area contributed by atoms with E-state index in [9.17, 15) is 9.59 Å². The maximum Gasteiger partial charge on any atom is 0.270 e. The van der Waals surface area contributed by atoms with Gasteiger partial charge in [0.05, 0.1) is 5.69 Å². The van der Waals surface area contributed by atoms with Crippen molar-refractivity contribution in [2.45, 2.75) is 39.7 Å². The number of hydrogen-bond donors (Lipinski definition) is 0. The van der Waals surface area contributed by atoms with E-state index in [4.69, 9.17) is 16.3 Å². The van der Waals surface area contributed by atoms with Crippen LogP contribution in [-0.2, 0) is 9.59 Å². The SMILES string of the molecule is CCN(CC)C(=O)CCN1C(=O)C(C)(C)Oc2ccc(Cl)cc21. The van der Waals surface area contributed by atoms with E-state index in [2.05, 4.69) is 0 Å². The van der Waals surface area contributed by atoms with Crippen LogP contribution in [0.4, 0.5) is 5.69 Å². The Bertz CT molecular complexity index is 612. The topological polar surface area (TPSA) is 49.9 Å². The number of anilines is 1. The molecule has 0 fully saturated rings. The van der Waals surface area contributed by atoms with Crippen LogP contribution in [0.5, 0.6) is 5.75 Å². The summed E-state index contributed by atoms with van der Waals surface area (Å²) in [6.45, 7) is 8.99. The summed E-state index contributed by atoms with van der Waals surface area (Å²) >= 11 is 6.05. The second-order valence-electron chi connectivity index (χ2n) is 6.00. The lowest BCUT2D eigenvalue weighted by Gasteiger charge is -2.39. The van der Waals surface area contributed by atoms with E-state index in [1.807, 2.05) is 13.8 Å². The molecule has 0 radical (unpaired) electrons. The molecule has 0 atom stereocenters. The highest BCUT2D eigenvalue weighted by Crippen LogP contribution is 2.39. The van der Waals surface area contributed by atoms with Gasteiger partial charge in [0, 0.05) is 31.1 Å². The van der Waals surface area contributed by atoms with E-state index in [1.165, 1.54) is 0 Å². The fraction of sp³-hybridized carbons (Fsp3) is 0.529. The minimum absolute atomic E-state index is 0.0377. The van der Waals surface area contributed by atoms with E-state index < -0.39 is 5.60 Å². The standard InChI is InChI=1S/C17H23ClN2O3/c1-5-19(6-2)15(21)9-10-20-13-11-12(18)7-8-14(13)23-17(3,4)16(20)22/h7-8,11H,5-6,9-10H2,1-4H3. The molecule has 2 rings (SSSR count). The Kier molecular flexibility index (Phi) is 5.19. The van der Waals surface area contributed by atoms with E-state index in [-0.39, 0.29) is 18.2 Å². The Morgan fingerprint density at radius 1 is 1.30 bits per heavy atom. The van der Waals surface area contributed by atoms with Crippen LogP contribution in [0.3, 0.4) is 0 Å². The van der Waals surface area contributed by atoms with Crippen LogP contribution in [0.2, 0.25) is 5.02 Å². The monoisotopic (exact) mass is 338 g/mol. The summed E-state index contributed by atoms with van der Waals surface area (Å²) < 4.78 is 5.77. The maximum absolute atomic E-state index is 12.7. The minimum Gasteiger partial charge on any atom is -0.476 e. The molecule has 23 heavy (non-hydrogen) atoms. The van der Waals surface area contributed by atoms with Crippen LogP contribution in [0.25, 0.3) is 0 Å². The van der Waals surface area contributed by atoms with Gasteiger partial charge in [0.15, 0.2) is 5.60 Å². The van der Waals surface area contributed by atoms with Crippen molar-refractivity contribution in [2.24, 2.45) is 0 Å². The number of hydrogen-bond acceptors (Lipinski definition) is 3. The molecule has 0 N–H and O–H groups in total. The Labute approximate surface area is 142 Å². The largest absolute Gasteiger partial charge is 0.476 e. The maximum atomic E-state index is 12.7. The molecule has 6 heteroatoms. The van der Waals surface area contributed by atoms with Gasteiger partial charge in [0.25, 0.3) is 5.91 Å². The molecule has 1 heterocycles. The average Bonchev–Trinajstić information content (AvgIpc) is 2.49. The number of rotatable bonds is 5. The highest BCUT2D eigenvalue weighted by molar-refractivity contribution is 6.31. The number of ether oxygens (including phenoxy) is 1. The molecule has 1 aromatic rings. The number of fused-ring (bicyclic) bond motifs is 1. The molecule has 1 aliphatic heterocycles. The molecular weight excluding hydrogens is 316 g/mol.